The van der Waals surface area contributed by atoms with Gasteiger partial charge in [-0.15, -0.1) is 5.10 Å². The molecule has 1 saturated carbocycles. The SMILES string of the molecule is CCCOc1cccc(Cn2nnnc2C2CC2)c1. The molecule has 1 aromatic carbocycles. The van der Waals surface area contributed by atoms with Crippen molar-refractivity contribution in [3.63, 3.8) is 0 Å². The summed E-state index contributed by atoms with van der Waals surface area (Å²) in [5.41, 5.74) is 1.17. The second kappa shape index (κ2) is 5.38. The second-order valence-electron chi connectivity index (χ2n) is 4.96. The lowest BCUT2D eigenvalue weighted by Gasteiger charge is -2.08. The Kier molecular flexibility index (Phi) is 3.44. The van der Waals surface area contributed by atoms with Gasteiger partial charge in [0.1, 0.15) is 5.75 Å². The molecule has 1 heterocycles. The van der Waals surface area contributed by atoms with Crippen molar-refractivity contribution < 1.29 is 4.74 Å². The first kappa shape index (κ1) is 12.1. The summed E-state index contributed by atoms with van der Waals surface area (Å²) in [5.74, 6) is 2.50. The van der Waals surface area contributed by atoms with Crippen LogP contribution in [0, 0.1) is 0 Å². The third-order valence-corrected chi connectivity index (χ3v) is 3.21. The van der Waals surface area contributed by atoms with E-state index >= 15 is 0 Å². The van der Waals surface area contributed by atoms with Gasteiger partial charge in [-0.2, -0.15) is 0 Å². The molecular weight excluding hydrogens is 240 g/mol. The minimum Gasteiger partial charge on any atom is -0.494 e. The zero-order valence-corrected chi connectivity index (χ0v) is 11.1. The maximum absolute atomic E-state index is 5.64. The highest BCUT2D eigenvalue weighted by molar-refractivity contribution is 5.28. The van der Waals surface area contributed by atoms with E-state index in [9.17, 15) is 0 Å². The molecule has 1 aromatic heterocycles. The molecule has 0 unspecified atom stereocenters. The number of benzene rings is 1. The normalized spacial score (nSPS) is 14.6. The largest absolute Gasteiger partial charge is 0.494 e. The van der Waals surface area contributed by atoms with Crippen LogP contribution in [0.4, 0.5) is 0 Å². The average Bonchev–Trinajstić information content (AvgIpc) is 3.18. The lowest BCUT2D eigenvalue weighted by Crippen LogP contribution is -2.06. The maximum Gasteiger partial charge on any atom is 0.154 e. The molecule has 2 aromatic rings. The van der Waals surface area contributed by atoms with Gasteiger partial charge >= 0.3 is 0 Å². The first-order valence-electron chi connectivity index (χ1n) is 6.84. The number of hydrogen-bond donors (Lipinski definition) is 0. The summed E-state index contributed by atoms with van der Waals surface area (Å²) in [6, 6.07) is 8.15. The third-order valence-electron chi connectivity index (χ3n) is 3.21. The number of hydrogen-bond acceptors (Lipinski definition) is 4. The number of ether oxygens (including phenoxy) is 1. The quantitative estimate of drug-likeness (QED) is 0.798. The second-order valence-corrected chi connectivity index (χ2v) is 4.96. The summed E-state index contributed by atoms with van der Waals surface area (Å²) in [5, 5.41) is 12.0. The van der Waals surface area contributed by atoms with Crippen LogP contribution in [-0.4, -0.2) is 26.8 Å². The van der Waals surface area contributed by atoms with Gasteiger partial charge in [0, 0.05) is 5.92 Å². The molecule has 100 valence electrons. The molecule has 0 aliphatic heterocycles. The van der Waals surface area contributed by atoms with Crippen molar-refractivity contribution >= 4 is 0 Å². The molecule has 5 heteroatoms. The maximum atomic E-state index is 5.64. The first-order chi connectivity index (χ1) is 9.36. The van der Waals surface area contributed by atoms with E-state index in [1.54, 1.807) is 0 Å². The van der Waals surface area contributed by atoms with Crippen LogP contribution in [0.2, 0.25) is 0 Å². The van der Waals surface area contributed by atoms with Crippen LogP contribution in [-0.2, 0) is 6.54 Å². The molecule has 0 N–H and O–H groups in total. The van der Waals surface area contributed by atoms with E-state index in [1.807, 2.05) is 16.8 Å². The summed E-state index contributed by atoms with van der Waals surface area (Å²) < 4.78 is 7.54. The molecule has 1 fully saturated rings. The van der Waals surface area contributed by atoms with E-state index < -0.39 is 0 Å². The average molecular weight is 258 g/mol. The highest BCUT2D eigenvalue weighted by Gasteiger charge is 2.29. The van der Waals surface area contributed by atoms with Crippen molar-refractivity contribution in [3.05, 3.63) is 35.7 Å². The van der Waals surface area contributed by atoms with E-state index in [1.165, 1.54) is 18.4 Å². The van der Waals surface area contributed by atoms with Crippen molar-refractivity contribution in [3.8, 4) is 5.75 Å². The molecule has 0 radical (unpaired) electrons. The van der Waals surface area contributed by atoms with E-state index in [-0.39, 0.29) is 0 Å². The van der Waals surface area contributed by atoms with Gasteiger partial charge in [-0.1, -0.05) is 19.1 Å². The molecule has 0 bridgehead atoms. The smallest absolute Gasteiger partial charge is 0.154 e. The van der Waals surface area contributed by atoms with Gasteiger partial charge in [-0.3, -0.25) is 0 Å². The van der Waals surface area contributed by atoms with Crippen molar-refractivity contribution in [2.75, 3.05) is 6.61 Å². The van der Waals surface area contributed by atoms with Crippen LogP contribution in [0.3, 0.4) is 0 Å². The van der Waals surface area contributed by atoms with E-state index in [2.05, 4.69) is 34.6 Å². The molecule has 0 amide bonds. The molecule has 0 spiro atoms. The van der Waals surface area contributed by atoms with Gasteiger partial charge < -0.3 is 4.74 Å². The summed E-state index contributed by atoms with van der Waals surface area (Å²) >= 11 is 0. The summed E-state index contributed by atoms with van der Waals surface area (Å²) in [7, 11) is 0. The first-order valence-corrected chi connectivity index (χ1v) is 6.84. The lowest BCUT2D eigenvalue weighted by atomic mass is 10.2. The lowest BCUT2D eigenvalue weighted by molar-refractivity contribution is 0.317. The monoisotopic (exact) mass is 258 g/mol. The molecule has 1 aliphatic rings. The van der Waals surface area contributed by atoms with Gasteiger partial charge in [0.05, 0.1) is 13.2 Å². The minimum atomic E-state index is 0.564. The van der Waals surface area contributed by atoms with Crippen LogP contribution in [0.1, 0.15) is 43.5 Å². The van der Waals surface area contributed by atoms with Crippen LogP contribution >= 0.6 is 0 Å². The number of rotatable bonds is 6. The minimum absolute atomic E-state index is 0.564. The molecular formula is C14H18N4O. The van der Waals surface area contributed by atoms with E-state index in [0.29, 0.717) is 12.5 Å². The summed E-state index contributed by atoms with van der Waals surface area (Å²) in [6.45, 7) is 3.57. The molecule has 0 atom stereocenters. The van der Waals surface area contributed by atoms with Crippen molar-refractivity contribution in [1.29, 1.82) is 0 Å². The zero-order valence-electron chi connectivity index (χ0n) is 11.1. The van der Waals surface area contributed by atoms with Crippen molar-refractivity contribution in [1.82, 2.24) is 20.2 Å². The van der Waals surface area contributed by atoms with Gasteiger partial charge in [0.25, 0.3) is 0 Å². The Bertz CT molecular complexity index is 548. The predicted molar refractivity (Wildman–Crippen MR) is 71.1 cm³/mol. The number of aromatic nitrogens is 4. The van der Waals surface area contributed by atoms with Crippen LogP contribution in [0.15, 0.2) is 24.3 Å². The Labute approximate surface area is 112 Å². The molecule has 19 heavy (non-hydrogen) atoms. The van der Waals surface area contributed by atoms with Gasteiger partial charge in [0.15, 0.2) is 5.82 Å². The van der Waals surface area contributed by atoms with Gasteiger partial charge in [-0.05, 0) is 47.4 Å². The fourth-order valence-corrected chi connectivity index (χ4v) is 2.08. The standard InChI is InChI=1S/C14H18N4O/c1-2-8-19-13-5-3-4-11(9-13)10-18-14(12-6-7-12)15-16-17-18/h3-5,9,12H,2,6-8,10H2,1H3. The Morgan fingerprint density at radius 3 is 3.05 bits per heavy atom. The van der Waals surface area contributed by atoms with Crippen molar-refractivity contribution in [2.45, 2.75) is 38.6 Å². The van der Waals surface area contributed by atoms with E-state index in [0.717, 1.165) is 24.6 Å². The Morgan fingerprint density at radius 1 is 1.37 bits per heavy atom. The third kappa shape index (κ3) is 2.92. The Morgan fingerprint density at radius 2 is 2.26 bits per heavy atom. The zero-order chi connectivity index (χ0) is 13.1. The Balaban J connectivity index is 1.73. The molecule has 1 aliphatic carbocycles. The molecule has 0 saturated heterocycles. The predicted octanol–water partition coefficient (Wildman–Crippen LogP) is 2.39. The van der Waals surface area contributed by atoms with Crippen molar-refractivity contribution in [2.24, 2.45) is 0 Å². The fraction of sp³-hybridized carbons (Fsp3) is 0.500. The highest BCUT2D eigenvalue weighted by atomic mass is 16.5. The topological polar surface area (TPSA) is 52.8 Å². The Hall–Kier alpha value is -1.91. The van der Waals surface area contributed by atoms with E-state index in [4.69, 9.17) is 4.74 Å². The summed E-state index contributed by atoms with van der Waals surface area (Å²) in [6.07, 6.45) is 3.43. The summed E-state index contributed by atoms with van der Waals surface area (Å²) in [4.78, 5) is 0. The fourth-order valence-electron chi connectivity index (χ4n) is 2.08. The highest BCUT2D eigenvalue weighted by Crippen LogP contribution is 2.38. The van der Waals surface area contributed by atoms with Crippen LogP contribution < -0.4 is 4.74 Å². The van der Waals surface area contributed by atoms with Gasteiger partial charge in [-0.25, -0.2) is 4.68 Å². The number of nitrogens with zero attached hydrogens (tertiary/aromatic N) is 4. The van der Waals surface area contributed by atoms with Gasteiger partial charge in [0.2, 0.25) is 0 Å². The number of tetrazole rings is 1. The molecule has 5 nitrogen and oxygen atoms in total. The van der Waals surface area contributed by atoms with Crippen LogP contribution in [0.25, 0.3) is 0 Å². The van der Waals surface area contributed by atoms with Crippen LogP contribution in [0.5, 0.6) is 5.75 Å². The molecule has 3 rings (SSSR count).